The van der Waals surface area contributed by atoms with Crippen LogP contribution in [0.5, 0.6) is 17.2 Å². The zero-order valence-corrected chi connectivity index (χ0v) is 22.3. The van der Waals surface area contributed by atoms with Gasteiger partial charge in [-0.3, -0.25) is 0 Å². The number of nitrogens with one attached hydrogen (secondary N) is 1. The van der Waals surface area contributed by atoms with Crippen molar-refractivity contribution in [2.45, 2.75) is 24.6 Å². The maximum atomic E-state index is 13.1. The van der Waals surface area contributed by atoms with Crippen molar-refractivity contribution in [3.05, 3.63) is 125 Å². The van der Waals surface area contributed by atoms with E-state index in [4.69, 9.17) is 16.3 Å². The van der Waals surface area contributed by atoms with Crippen molar-refractivity contribution in [3.8, 4) is 17.2 Å². The molecule has 4 aromatic carbocycles. The molecule has 1 amide bonds. The average molecular weight is 610 g/mol. The van der Waals surface area contributed by atoms with Crippen molar-refractivity contribution < 1.29 is 45.3 Å². The second-order valence-electron chi connectivity index (χ2n) is 9.09. The molecule has 0 radical (unpaired) electrons. The van der Waals surface area contributed by atoms with Crippen LogP contribution in [0.4, 0.5) is 31.1 Å². The number of rotatable bonds is 9. The number of carbonyl (C=O) groups excluding carboxylic acids is 1. The SMILES string of the molecule is O=C(NCC(Cc1ccccc1)(c1cccc(OC(F)(F)F)c1)c1cccc(OC(F)(F)F)c1)Oc1ccc(Cl)cc1. The van der Waals surface area contributed by atoms with Gasteiger partial charge in [0.15, 0.2) is 0 Å². The summed E-state index contributed by atoms with van der Waals surface area (Å²) in [6.45, 7) is -0.306. The van der Waals surface area contributed by atoms with E-state index in [2.05, 4.69) is 14.8 Å². The molecule has 220 valence electrons. The molecule has 42 heavy (non-hydrogen) atoms. The van der Waals surface area contributed by atoms with Gasteiger partial charge >= 0.3 is 18.8 Å². The van der Waals surface area contributed by atoms with Crippen LogP contribution in [0.2, 0.25) is 5.02 Å². The minimum atomic E-state index is -5.00. The molecule has 1 N–H and O–H groups in total. The summed E-state index contributed by atoms with van der Waals surface area (Å²) in [5.74, 6) is -0.945. The van der Waals surface area contributed by atoms with Gasteiger partial charge in [0.25, 0.3) is 0 Å². The first-order valence-electron chi connectivity index (χ1n) is 12.3. The highest BCUT2D eigenvalue weighted by molar-refractivity contribution is 6.30. The van der Waals surface area contributed by atoms with E-state index in [9.17, 15) is 31.1 Å². The van der Waals surface area contributed by atoms with Crippen LogP contribution in [0, 0.1) is 0 Å². The normalized spacial score (nSPS) is 12.0. The predicted octanol–water partition coefficient (Wildman–Crippen LogP) is 8.45. The lowest BCUT2D eigenvalue weighted by Crippen LogP contribution is -2.44. The number of halogens is 7. The Morgan fingerprint density at radius 3 is 1.69 bits per heavy atom. The molecule has 0 atom stereocenters. The van der Waals surface area contributed by atoms with Gasteiger partial charge in [-0.2, -0.15) is 0 Å². The van der Waals surface area contributed by atoms with Crippen molar-refractivity contribution in [1.29, 1.82) is 0 Å². The standard InChI is InChI=1S/C30H22ClF6NO4/c31-23-12-14-24(15-13-23)40-27(39)38-19-28(18-20-6-2-1-3-7-20,21-8-4-10-25(16-21)41-29(32,33)34)22-9-5-11-26(17-22)42-30(35,36)37/h1-17H,18-19H2,(H,38,39). The Morgan fingerprint density at radius 1 is 0.667 bits per heavy atom. The number of hydrogen-bond acceptors (Lipinski definition) is 4. The van der Waals surface area contributed by atoms with Crippen molar-refractivity contribution in [1.82, 2.24) is 5.32 Å². The molecule has 4 aromatic rings. The molecule has 12 heteroatoms. The average Bonchev–Trinajstić information content (AvgIpc) is 2.91. The second-order valence-corrected chi connectivity index (χ2v) is 9.53. The zero-order chi connectivity index (χ0) is 30.4. The van der Waals surface area contributed by atoms with Crippen molar-refractivity contribution >= 4 is 17.7 Å². The van der Waals surface area contributed by atoms with E-state index in [1.54, 1.807) is 30.3 Å². The number of ether oxygens (including phenoxy) is 3. The third-order valence-electron chi connectivity index (χ3n) is 6.15. The summed E-state index contributed by atoms with van der Waals surface area (Å²) in [5, 5.41) is 3.03. The Balaban J connectivity index is 1.82. The lowest BCUT2D eigenvalue weighted by molar-refractivity contribution is -0.275. The first kappa shape index (κ1) is 30.6. The van der Waals surface area contributed by atoms with Crippen LogP contribution < -0.4 is 19.5 Å². The molecule has 0 saturated heterocycles. The maximum absolute atomic E-state index is 13.1. The molecule has 5 nitrogen and oxygen atoms in total. The number of alkyl halides is 6. The van der Waals surface area contributed by atoms with Gasteiger partial charge in [0.1, 0.15) is 17.2 Å². The molecule has 0 heterocycles. The number of carbonyl (C=O) groups is 1. The highest BCUT2D eigenvalue weighted by Crippen LogP contribution is 2.40. The molecule has 0 fully saturated rings. The fourth-order valence-corrected chi connectivity index (χ4v) is 4.56. The van der Waals surface area contributed by atoms with E-state index in [0.717, 1.165) is 24.3 Å². The van der Waals surface area contributed by atoms with Gasteiger partial charge in [-0.25, -0.2) is 4.79 Å². The molecule has 0 aromatic heterocycles. The summed E-state index contributed by atoms with van der Waals surface area (Å²) in [7, 11) is 0. The van der Waals surface area contributed by atoms with Crippen molar-refractivity contribution in [3.63, 3.8) is 0 Å². The minimum absolute atomic E-state index is 0.0417. The van der Waals surface area contributed by atoms with Crippen LogP contribution >= 0.6 is 11.6 Å². The Labute approximate surface area is 241 Å². The van der Waals surface area contributed by atoms with Gasteiger partial charge < -0.3 is 19.5 Å². The summed E-state index contributed by atoms with van der Waals surface area (Å²) in [6, 6.07) is 24.7. The smallest absolute Gasteiger partial charge is 0.410 e. The summed E-state index contributed by atoms with van der Waals surface area (Å²) in [6.07, 6.45) is -10.9. The monoisotopic (exact) mass is 609 g/mol. The topological polar surface area (TPSA) is 56.8 Å². The predicted molar refractivity (Wildman–Crippen MR) is 143 cm³/mol. The zero-order valence-electron chi connectivity index (χ0n) is 21.5. The van der Waals surface area contributed by atoms with Gasteiger partial charge in [-0.15, -0.1) is 26.3 Å². The van der Waals surface area contributed by atoms with E-state index in [0.29, 0.717) is 10.6 Å². The summed E-state index contributed by atoms with van der Waals surface area (Å²) in [5.41, 5.74) is -0.334. The van der Waals surface area contributed by atoms with Gasteiger partial charge in [0.2, 0.25) is 0 Å². The quantitative estimate of drug-likeness (QED) is 0.194. The Hall–Kier alpha value is -4.38. The van der Waals surface area contributed by atoms with Crippen LogP contribution in [0.3, 0.4) is 0 Å². The van der Waals surface area contributed by atoms with Crippen molar-refractivity contribution in [2.24, 2.45) is 0 Å². The largest absolute Gasteiger partial charge is 0.573 e. The molecular formula is C30H22ClF6NO4. The fourth-order valence-electron chi connectivity index (χ4n) is 4.43. The van der Waals surface area contributed by atoms with Gasteiger partial charge in [-0.05, 0) is 71.6 Å². The van der Waals surface area contributed by atoms with Crippen LogP contribution in [0.1, 0.15) is 16.7 Å². The van der Waals surface area contributed by atoms with E-state index in [1.807, 2.05) is 0 Å². The van der Waals surface area contributed by atoms with Crippen molar-refractivity contribution in [2.75, 3.05) is 6.54 Å². The van der Waals surface area contributed by atoms with Gasteiger partial charge in [0.05, 0.1) is 0 Å². The molecule has 0 saturated carbocycles. The molecule has 0 aliphatic heterocycles. The summed E-state index contributed by atoms with van der Waals surface area (Å²) in [4.78, 5) is 12.9. The second kappa shape index (κ2) is 12.6. The van der Waals surface area contributed by atoms with Crippen LogP contribution in [0.15, 0.2) is 103 Å². The molecule has 0 aliphatic carbocycles. The lowest BCUT2D eigenvalue weighted by atomic mass is 9.70. The number of benzene rings is 4. The van der Waals surface area contributed by atoms with E-state index in [-0.39, 0.29) is 29.8 Å². The third kappa shape index (κ3) is 8.56. The van der Waals surface area contributed by atoms with Crippen LogP contribution in [-0.2, 0) is 11.8 Å². The number of amides is 1. The maximum Gasteiger partial charge on any atom is 0.573 e. The first-order chi connectivity index (χ1) is 19.8. The fraction of sp³-hybridized carbons (Fsp3) is 0.167. The molecule has 0 bridgehead atoms. The lowest BCUT2D eigenvalue weighted by Gasteiger charge is -2.36. The van der Waals surface area contributed by atoms with E-state index < -0.39 is 35.7 Å². The van der Waals surface area contributed by atoms with Gasteiger partial charge in [-0.1, -0.05) is 66.2 Å². The van der Waals surface area contributed by atoms with Crippen LogP contribution in [-0.4, -0.2) is 25.4 Å². The Morgan fingerprint density at radius 2 is 1.19 bits per heavy atom. The molecular weight excluding hydrogens is 588 g/mol. The third-order valence-corrected chi connectivity index (χ3v) is 6.40. The molecule has 0 unspecified atom stereocenters. The summed E-state index contributed by atoms with van der Waals surface area (Å²) < 4.78 is 92.2. The highest BCUT2D eigenvalue weighted by atomic mass is 35.5. The highest BCUT2D eigenvalue weighted by Gasteiger charge is 2.38. The Kier molecular flexibility index (Phi) is 9.20. The molecule has 4 rings (SSSR count). The molecule has 0 aliphatic rings. The van der Waals surface area contributed by atoms with Crippen LogP contribution in [0.25, 0.3) is 0 Å². The Bertz CT molecular complexity index is 1430. The molecule has 0 spiro atoms. The number of hydrogen-bond donors (Lipinski definition) is 1. The first-order valence-corrected chi connectivity index (χ1v) is 12.7. The van der Waals surface area contributed by atoms with E-state index >= 15 is 0 Å². The minimum Gasteiger partial charge on any atom is -0.410 e. The van der Waals surface area contributed by atoms with E-state index in [1.165, 1.54) is 48.5 Å². The van der Waals surface area contributed by atoms with Gasteiger partial charge in [0, 0.05) is 17.0 Å². The summed E-state index contributed by atoms with van der Waals surface area (Å²) >= 11 is 5.87.